The van der Waals surface area contributed by atoms with E-state index in [1.54, 1.807) is 0 Å². The fourth-order valence-electron chi connectivity index (χ4n) is 0.975. The standard InChI is InChI=1S/C9H8ClNO3/c1-6(5-10)7-2-3-8(11(13)14)9(12)4-7/h2-4,12H,1,5H2. The molecule has 0 aliphatic carbocycles. The normalized spacial score (nSPS) is 9.79. The van der Waals surface area contributed by atoms with Crippen LogP contribution in [0.2, 0.25) is 0 Å². The van der Waals surface area contributed by atoms with E-state index in [2.05, 4.69) is 6.58 Å². The first kappa shape index (κ1) is 10.5. The highest BCUT2D eigenvalue weighted by molar-refractivity contribution is 6.23. The summed E-state index contributed by atoms with van der Waals surface area (Å²) in [5.74, 6) is -0.157. The zero-order valence-corrected chi connectivity index (χ0v) is 7.99. The van der Waals surface area contributed by atoms with E-state index in [9.17, 15) is 15.2 Å². The summed E-state index contributed by atoms with van der Waals surface area (Å²) in [6.45, 7) is 3.65. The van der Waals surface area contributed by atoms with Gasteiger partial charge < -0.3 is 5.11 Å². The van der Waals surface area contributed by atoms with Gasteiger partial charge in [-0.2, -0.15) is 0 Å². The number of nitrogens with zero attached hydrogens (tertiary/aromatic N) is 1. The Bertz CT molecular complexity index is 390. The van der Waals surface area contributed by atoms with Crippen molar-refractivity contribution in [1.29, 1.82) is 0 Å². The molecule has 0 fully saturated rings. The van der Waals surface area contributed by atoms with Gasteiger partial charge in [-0.05, 0) is 23.3 Å². The molecule has 74 valence electrons. The van der Waals surface area contributed by atoms with Crippen molar-refractivity contribution in [2.45, 2.75) is 0 Å². The number of hydrogen-bond acceptors (Lipinski definition) is 3. The first-order valence-corrected chi connectivity index (χ1v) is 4.31. The summed E-state index contributed by atoms with van der Waals surface area (Å²) in [5, 5.41) is 19.6. The van der Waals surface area contributed by atoms with E-state index in [1.807, 2.05) is 0 Å². The molecule has 0 amide bonds. The summed E-state index contributed by atoms with van der Waals surface area (Å²) in [7, 11) is 0. The van der Waals surface area contributed by atoms with Crippen molar-refractivity contribution in [3.05, 3.63) is 40.5 Å². The van der Waals surface area contributed by atoms with E-state index in [-0.39, 0.29) is 17.3 Å². The fourth-order valence-corrected chi connectivity index (χ4v) is 1.13. The average molecular weight is 214 g/mol. The van der Waals surface area contributed by atoms with E-state index in [0.29, 0.717) is 11.1 Å². The molecule has 0 saturated carbocycles. The van der Waals surface area contributed by atoms with Crippen LogP contribution < -0.4 is 0 Å². The predicted molar refractivity (Wildman–Crippen MR) is 54.5 cm³/mol. The van der Waals surface area contributed by atoms with Crippen molar-refractivity contribution in [2.24, 2.45) is 0 Å². The lowest BCUT2D eigenvalue weighted by Crippen LogP contribution is -1.90. The molecule has 1 aromatic carbocycles. The maximum Gasteiger partial charge on any atom is 0.310 e. The summed E-state index contributed by atoms with van der Waals surface area (Å²) in [4.78, 5) is 9.72. The molecule has 0 bridgehead atoms. The highest BCUT2D eigenvalue weighted by Gasteiger charge is 2.13. The molecule has 0 heterocycles. The summed E-state index contributed by atoms with van der Waals surface area (Å²) in [6, 6.07) is 4.01. The highest BCUT2D eigenvalue weighted by Crippen LogP contribution is 2.28. The quantitative estimate of drug-likeness (QED) is 0.477. The van der Waals surface area contributed by atoms with Crippen molar-refractivity contribution >= 4 is 22.9 Å². The Morgan fingerprint density at radius 2 is 2.29 bits per heavy atom. The maximum absolute atomic E-state index is 10.4. The van der Waals surface area contributed by atoms with Gasteiger partial charge in [0, 0.05) is 11.9 Å². The van der Waals surface area contributed by atoms with Crippen molar-refractivity contribution in [1.82, 2.24) is 0 Å². The van der Waals surface area contributed by atoms with Gasteiger partial charge in [-0.3, -0.25) is 10.1 Å². The van der Waals surface area contributed by atoms with Crippen LogP contribution in [0.25, 0.3) is 5.57 Å². The Morgan fingerprint density at radius 3 is 2.71 bits per heavy atom. The van der Waals surface area contributed by atoms with Gasteiger partial charge in [0.2, 0.25) is 0 Å². The van der Waals surface area contributed by atoms with Crippen molar-refractivity contribution in [2.75, 3.05) is 5.88 Å². The minimum Gasteiger partial charge on any atom is -0.502 e. The molecule has 0 aromatic heterocycles. The zero-order chi connectivity index (χ0) is 10.7. The Morgan fingerprint density at radius 1 is 1.64 bits per heavy atom. The molecule has 0 spiro atoms. The van der Waals surface area contributed by atoms with Crippen LogP contribution in [0, 0.1) is 10.1 Å². The first-order chi connectivity index (χ1) is 6.56. The number of phenols is 1. The minimum atomic E-state index is -0.650. The van der Waals surface area contributed by atoms with Gasteiger partial charge in [0.25, 0.3) is 0 Å². The number of halogens is 1. The zero-order valence-electron chi connectivity index (χ0n) is 7.24. The number of alkyl halides is 1. The van der Waals surface area contributed by atoms with E-state index >= 15 is 0 Å². The number of nitro benzene ring substituents is 1. The van der Waals surface area contributed by atoms with Gasteiger partial charge in [-0.15, -0.1) is 11.6 Å². The van der Waals surface area contributed by atoms with Gasteiger partial charge in [0.1, 0.15) is 0 Å². The predicted octanol–water partition coefficient (Wildman–Crippen LogP) is 2.55. The van der Waals surface area contributed by atoms with Crippen LogP contribution >= 0.6 is 11.6 Å². The van der Waals surface area contributed by atoms with Gasteiger partial charge >= 0.3 is 5.69 Å². The second-order valence-electron chi connectivity index (χ2n) is 2.70. The van der Waals surface area contributed by atoms with Crippen LogP contribution in [0.4, 0.5) is 5.69 Å². The van der Waals surface area contributed by atoms with Crippen LogP contribution in [0.1, 0.15) is 5.56 Å². The minimum absolute atomic E-state index is 0.219. The largest absolute Gasteiger partial charge is 0.502 e. The molecule has 0 aliphatic rings. The number of phenolic OH excluding ortho intramolecular Hbond substituents is 1. The molecule has 1 rings (SSSR count). The third-order valence-electron chi connectivity index (χ3n) is 1.74. The molecule has 1 N–H and O–H groups in total. The second-order valence-corrected chi connectivity index (χ2v) is 2.97. The number of nitro groups is 1. The van der Waals surface area contributed by atoms with Gasteiger partial charge in [-0.25, -0.2) is 0 Å². The fraction of sp³-hybridized carbons (Fsp3) is 0.111. The molecule has 0 radical (unpaired) electrons. The summed E-state index contributed by atoms with van der Waals surface area (Å²) < 4.78 is 0. The van der Waals surface area contributed by atoms with Gasteiger partial charge in [0.05, 0.1) is 4.92 Å². The lowest BCUT2D eigenvalue weighted by atomic mass is 10.1. The summed E-state index contributed by atoms with van der Waals surface area (Å²) >= 11 is 5.53. The van der Waals surface area contributed by atoms with E-state index in [0.717, 1.165) is 0 Å². The molecule has 1 aromatic rings. The molecular formula is C9H8ClNO3. The third kappa shape index (κ3) is 2.03. The topological polar surface area (TPSA) is 63.4 Å². The molecule has 0 atom stereocenters. The second kappa shape index (κ2) is 4.11. The maximum atomic E-state index is 10.4. The van der Waals surface area contributed by atoms with E-state index < -0.39 is 4.92 Å². The smallest absolute Gasteiger partial charge is 0.310 e. The van der Waals surface area contributed by atoms with Crippen LogP contribution in [0.15, 0.2) is 24.8 Å². The molecule has 4 nitrogen and oxygen atoms in total. The van der Waals surface area contributed by atoms with Crippen LogP contribution in [0.5, 0.6) is 5.75 Å². The average Bonchev–Trinajstić information content (AvgIpc) is 2.15. The molecule has 0 aliphatic heterocycles. The lowest BCUT2D eigenvalue weighted by Gasteiger charge is -2.02. The van der Waals surface area contributed by atoms with Crippen LogP contribution in [-0.4, -0.2) is 15.9 Å². The Kier molecular flexibility index (Phi) is 3.09. The number of hydrogen-bond donors (Lipinski definition) is 1. The molecule has 14 heavy (non-hydrogen) atoms. The summed E-state index contributed by atoms with van der Waals surface area (Å²) in [5.41, 5.74) is 0.885. The molecule has 0 unspecified atom stereocenters. The van der Waals surface area contributed by atoms with Crippen LogP contribution in [0.3, 0.4) is 0 Å². The van der Waals surface area contributed by atoms with Gasteiger partial charge in [0.15, 0.2) is 5.75 Å². The lowest BCUT2D eigenvalue weighted by molar-refractivity contribution is -0.385. The number of benzene rings is 1. The molecular weight excluding hydrogens is 206 g/mol. The highest BCUT2D eigenvalue weighted by atomic mass is 35.5. The van der Waals surface area contributed by atoms with Crippen LogP contribution in [-0.2, 0) is 0 Å². The number of rotatable bonds is 3. The summed E-state index contributed by atoms with van der Waals surface area (Å²) in [6.07, 6.45) is 0. The third-order valence-corrected chi connectivity index (χ3v) is 2.06. The Hall–Kier alpha value is -1.55. The van der Waals surface area contributed by atoms with Gasteiger partial charge in [-0.1, -0.05) is 6.58 Å². The molecule has 0 saturated heterocycles. The SMILES string of the molecule is C=C(CCl)c1ccc([N+](=O)[O-])c(O)c1. The van der Waals surface area contributed by atoms with Crippen molar-refractivity contribution in [3.8, 4) is 5.75 Å². The van der Waals surface area contributed by atoms with E-state index in [1.165, 1.54) is 18.2 Å². The first-order valence-electron chi connectivity index (χ1n) is 3.77. The number of allylic oxidation sites excluding steroid dienone is 1. The van der Waals surface area contributed by atoms with E-state index in [4.69, 9.17) is 11.6 Å². The van der Waals surface area contributed by atoms with Crippen molar-refractivity contribution in [3.63, 3.8) is 0 Å². The Labute approximate surface area is 85.6 Å². The monoisotopic (exact) mass is 213 g/mol. The Balaban J connectivity index is 3.12. The molecule has 5 heteroatoms. The van der Waals surface area contributed by atoms with Crippen molar-refractivity contribution < 1.29 is 10.0 Å². The number of aromatic hydroxyl groups is 1.